The van der Waals surface area contributed by atoms with Gasteiger partial charge in [-0.3, -0.25) is 4.79 Å². The number of aromatic nitrogens is 2. The molecule has 0 aliphatic carbocycles. The minimum Gasteiger partial charge on any atom is -0.339 e. The SMILES string of the molecule is CN1CCN(C(=O)CSc2nncc3ccccc23)CC1. The summed E-state index contributed by atoms with van der Waals surface area (Å²) in [6.07, 6.45) is 1.75. The smallest absolute Gasteiger partial charge is 0.233 e. The minimum atomic E-state index is 0.183. The molecule has 21 heavy (non-hydrogen) atoms. The summed E-state index contributed by atoms with van der Waals surface area (Å²) in [4.78, 5) is 16.4. The lowest BCUT2D eigenvalue weighted by atomic mass is 10.2. The molecule has 0 N–H and O–H groups in total. The molecule has 1 aromatic heterocycles. The largest absolute Gasteiger partial charge is 0.339 e. The standard InChI is InChI=1S/C15H18N4OS/c1-18-6-8-19(9-7-18)14(20)11-21-15-13-5-3-2-4-12(13)10-16-17-15/h2-5,10H,6-9,11H2,1H3. The Kier molecular flexibility index (Phi) is 4.36. The van der Waals surface area contributed by atoms with Crippen LogP contribution in [0.5, 0.6) is 0 Å². The van der Waals surface area contributed by atoms with Gasteiger partial charge in [0.2, 0.25) is 5.91 Å². The lowest BCUT2D eigenvalue weighted by molar-refractivity contribution is -0.129. The van der Waals surface area contributed by atoms with Crippen molar-refractivity contribution in [1.29, 1.82) is 0 Å². The van der Waals surface area contributed by atoms with Crippen molar-refractivity contribution in [1.82, 2.24) is 20.0 Å². The number of nitrogens with zero attached hydrogens (tertiary/aromatic N) is 4. The van der Waals surface area contributed by atoms with Gasteiger partial charge in [0.05, 0.1) is 11.9 Å². The van der Waals surface area contributed by atoms with Crippen LogP contribution in [0.2, 0.25) is 0 Å². The Morgan fingerprint density at radius 2 is 2.00 bits per heavy atom. The van der Waals surface area contributed by atoms with Gasteiger partial charge in [-0.15, -0.1) is 5.10 Å². The summed E-state index contributed by atoms with van der Waals surface area (Å²) in [5.74, 6) is 0.606. The summed E-state index contributed by atoms with van der Waals surface area (Å²) in [5, 5.41) is 11.1. The fourth-order valence-electron chi connectivity index (χ4n) is 2.39. The number of amides is 1. The molecule has 5 nitrogen and oxygen atoms in total. The van der Waals surface area contributed by atoms with Crippen molar-refractivity contribution in [3.63, 3.8) is 0 Å². The van der Waals surface area contributed by atoms with Crippen LogP contribution >= 0.6 is 11.8 Å². The maximum atomic E-state index is 12.3. The van der Waals surface area contributed by atoms with Crippen molar-refractivity contribution < 1.29 is 4.79 Å². The van der Waals surface area contributed by atoms with E-state index in [4.69, 9.17) is 0 Å². The fourth-order valence-corrected chi connectivity index (χ4v) is 3.27. The number of thioether (sulfide) groups is 1. The zero-order chi connectivity index (χ0) is 14.7. The number of piperazine rings is 1. The van der Waals surface area contributed by atoms with Gasteiger partial charge in [0.1, 0.15) is 5.03 Å². The Bertz CT molecular complexity index is 635. The highest BCUT2D eigenvalue weighted by molar-refractivity contribution is 8.00. The van der Waals surface area contributed by atoms with E-state index in [1.54, 1.807) is 6.20 Å². The summed E-state index contributed by atoms with van der Waals surface area (Å²) < 4.78 is 0. The van der Waals surface area contributed by atoms with Gasteiger partial charge in [0.25, 0.3) is 0 Å². The van der Waals surface area contributed by atoms with Gasteiger partial charge in [-0.25, -0.2) is 0 Å². The van der Waals surface area contributed by atoms with Crippen LogP contribution in [0, 0.1) is 0 Å². The van der Waals surface area contributed by atoms with Gasteiger partial charge in [0.15, 0.2) is 0 Å². The molecule has 2 heterocycles. The summed E-state index contributed by atoms with van der Waals surface area (Å²) in [6.45, 7) is 3.53. The highest BCUT2D eigenvalue weighted by Gasteiger charge is 2.19. The summed E-state index contributed by atoms with van der Waals surface area (Å²) in [7, 11) is 2.09. The molecular weight excluding hydrogens is 284 g/mol. The molecule has 0 unspecified atom stereocenters. The Hall–Kier alpha value is -1.66. The fraction of sp³-hybridized carbons (Fsp3) is 0.400. The first-order valence-electron chi connectivity index (χ1n) is 7.03. The molecule has 0 radical (unpaired) electrons. The highest BCUT2D eigenvalue weighted by Crippen LogP contribution is 2.24. The van der Waals surface area contributed by atoms with Gasteiger partial charge in [-0.1, -0.05) is 36.0 Å². The van der Waals surface area contributed by atoms with Crippen molar-refractivity contribution in [3.05, 3.63) is 30.5 Å². The Morgan fingerprint density at radius 3 is 2.81 bits per heavy atom. The quantitative estimate of drug-likeness (QED) is 0.804. The van der Waals surface area contributed by atoms with Crippen molar-refractivity contribution >= 4 is 28.4 Å². The van der Waals surface area contributed by atoms with E-state index < -0.39 is 0 Å². The van der Waals surface area contributed by atoms with E-state index in [9.17, 15) is 4.79 Å². The average Bonchev–Trinajstić information content (AvgIpc) is 2.53. The molecule has 1 amide bonds. The number of fused-ring (bicyclic) bond motifs is 1. The molecule has 0 saturated carbocycles. The molecule has 0 spiro atoms. The first-order valence-corrected chi connectivity index (χ1v) is 8.02. The van der Waals surface area contributed by atoms with E-state index >= 15 is 0 Å². The summed E-state index contributed by atoms with van der Waals surface area (Å²) >= 11 is 1.47. The molecule has 110 valence electrons. The first-order chi connectivity index (χ1) is 10.2. The van der Waals surface area contributed by atoms with Crippen molar-refractivity contribution in [2.45, 2.75) is 5.03 Å². The van der Waals surface area contributed by atoms with E-state index in [0.717, 1.165) is 42.0 Å². The third kappa shape index (κ3) is 3.33. The third-order valence-corrected chi connectivity index (χ3v) is 4.69. The molecule has 2 aromatic rings. The van der Waals surface area contributed by atoms with Crippen LogP contribution in [0.15, 0.2) is 35.5 Å². The van der Waals surface area contributed by atoms with E-state index in [-0.39, 0.29) is 5.91 Å². The number of likely N-dealkylation sites (N-methyl/N-ethyl adjacent to an activating group) is 1. The first kappa shape index (κ1) is 14.3. The minimum absolute atomic E-state index is 0.183. The molecular formula is C15H18N4OS. The van der Waals surface area contributed by atoms with Crippen LogP contribution < -0.4 is 0 Å². The summed E-state index contributed by atoms with van der Waals surface area (Å²) in [6, 6.07) is 7.99. The van der Waals surface area contributed by atoms with E-state index in [1.165, 1.54) is 11.8 Å². The number of hydrogen-bond acceptors (Lipinski definition) is 5. The lowest BCUT2D eigenvalue weighted by Crippen LogP contribution is -2.47. The van der Waals surface area contributed by atoms with Gasteiger partial charge in [-0.2, -0.15) is 5.10 Å². The lowest BCUT2D eigenvalue weighted by Gasteiger charge is -2.32. The summed E-state index contributed by atoms with van der Waals surface area (Å²) in [5.41, 5.74) is 0. The van der Waals surface area contributed by atoms with E-state index in [0.29, 0.717) is 5.75 Å². The number of benzene rings is 1. The molecule has 6 heteroatoms. The monoisotopic (exact) mass is 302 g/mol. The molecule has 1 fully saturated rings. The number of carbonyl (C=O) groups is 1. The average molecular weight is 302 g/mol. The normalized spacial score (nSPS) is 16.3. The van der Waals surface area contributed by atoms with E-state index in [1.807, 2.05) is 29.2 Å². The van der Waals surface area contributed by atoms with Crippen LogP contribution in [0.3, 0.4) is 0 Å². The van der Waals surface area contributed by atoms with Gasteiger partial charge < -0.3 is 9.80 Å². The van der Waals surface area contributed by atoms with Crippen LogP contribution in [-0.2, 0) is 4.79 Å². The highest BCUT2D eigenvalue weighted by atomic mass is 32.2. The molecule has 1 aliphatic rings. The second-order valence-electron chi connectivity index (χ2n) is 5.21. The van der Waals surface area contributed by atoms with Crippen LogP contribution in [-0.4, -0.2) is 64.9 Å². The number of rotatable bonds is 3. The van der Waals surface area contributed by atoms with Crippen molar-refractivity contribution in [3.8, 4) is 0 Å². The van der Waals surface area contributed by atoms with Gasteiger partial charge >= 0.3 is 0 Å². The van der Waals surface area contributed by atoms with Crippen LogP contribution in [0.4, 0.5) is 0 Å². The molecule has 0 atom stereocenters. The van der Waals surface area contributed by atoms with Crippen molar-refractivity contribution in [2.24, 2.45) is 0 Å². The van der Waals surface area contributed by atoms with Gasteiger partial charge in [-0.05, 0) is 7.05 Å². The van der Waals surface area contributed by atoms with E-state index in [2.05, 4.69) is 22.1 Å². The molecule has 1 saturated heterocycles. The number of hydrogen-bond donors (Lipinski definition) is 0. The van der Waals surface area contributed by atoms with Crippen LogP contribution in [0.1, 0.15) is 0 Å². The Balaban J connectivity index is 1.65. The number of carbonyl (C=O) groups excluding carboxylic acids is 1. The third-order valence-electron chi connectivity index (χ3n) is 3.72. The second kappa shape index (κ2) is 6.41. The molecule has 1 aliphatic heterocycles. The molecule has 3 rings (SSSR count). The second-order valence-corrected chi connectivity index (χ2v) is 6.17. The van der Waals surface area contributed by atoms with Gasteiger partial charge in [0, 0.05) is 37.0 Å². The Morgan fingerprint density at radius 1 is 1.24 bits per heavy atom. The van der Waals surface area contributed by atoms with Crippen molar-refractivity contribution in [2.75, 3.05) is 39.0 Å². The zero-order valence-electron chi connectivity index (χ0n) is 12.0. The predicted octanol–water partition coefficient (Wildman–Crippen LogP) is 1.50. The predicted molar refractivity (Wildman–Crippen MR) is 84.3 cm³/mol. The Labute approximate surface area is 128 Å². The zero-order valence-corrected chi connectivity index (χ0v) is 12.8. The van der Waals surface area contributed by atoms with Crippen LogP contribution in [0.25, 0.3) is 10.8 Å². The maximum Gasteiger partial charge on any atom is 0.233 e. The topological polar surface area (TPSA) is 49.3 Å². The maximum absolute atomic E-state index is 12.3. The molecule has 0 bridgehead atoms. The molecule has 1 aromatic carbocycles.